The molecule has 1 aromatic carbocycles. The molecule has 0 radical (unpaired) electrons. The predicted molar refractivity (Wildman–Crippen MR) is 89.4 cm³/mol. The number of anilines is 1. The number of rotatable bonds is 7. The Kier molecular flexibility index (Phi) is 5.62. The number of hydrogen-bond acceptors (Lipinski definition) is 3. The van der Waals surface area contributed by atoms with Gasteiger partial charge in [0.2, 0.25) is 0 Å². The Morgan fingerprint density at radius 3 is 2.70 bits per heavy atom. The summed E-state index contributed by atoms with van der Waals surface area (Å²) in [5.74, 6) is 0.686. The molecule has 0 spiro atoms. The molecule has 1 heterocycles. The van der Waals surface area contributed by atoms with E-state index >= 15 is 0 Å². The Balaban J connectivity index is 2.02. The Labute approximate surface area is 126 Å². The van der Waals surface area contributed by atoms with E-state index in [0.717, 1.165) is 19.6 Å². The van der Waals surface area contributed by atoms with Crippen LogP contribution in [0.2, 0.25) is 0 Å². The molecule has 0 bridgehead atoms. The third-order valence-electron chi connectivity index (χ3n) is 3.27. The van der Waals surface area contributed by atoms with Crippen molar-refractivity contribution in [1.29, 1.82) is 0 Å². The average Bonchev–Trinajstić information content (AvgIpc) is 2.91. The van der Waals surface area contributed by atoms with Crippen LogP contribution < -0.4 is 10.2 Å². The highest BCUT2D eigenvalue weighted by molar-refractivity contribution is 7.07. The van der Waals surface area contributed by atoms with Gasteiger partial charge in [-0.25, -0.2) is 0 Å². The van der Waals surface area contributed by atoms with Gasteiger partial charge in [0.25, 0.3) is 0 Å². The van der Waals surface area contributed by atoms with Crippen molar-refractivity contribution in [3.05, 3.63) is 52.2 Å². The van der Waals surface area contributed by atoms with Gasteiger partial charge in [0, 0.05) is 25.8 Å². The quantitative estimate of drug-likeness (QED) is 0.824. The molecule has 0 fully saturated rings. The van der Waals surface area contributed by atoms with Crippen molar-refractivity contribution in [2.45, 2.75) is 26.9 Å². The summed E-state index contributed by atoms with van der Waals surface area (Å²) < 4.78 is 0. The normalized spacial score (nSPS) is 11.0. The maximum atomic E-state index is 3.53. The zero-order valence-electron chi connectivity index (χ0n) is 12.6. The average molecular weight is 288 g/mol. The predicted octanol–water partition coefficient (Wildman–Crippen LogP) is 4.13. The van der Waals surface area contributed by atoms with Crippen LogP contribution >= 0.6 is 11.3 Å². The maximum Gasteiger partial charge on any atom is 0.0434 e. The molecule has 3 heteroatoms. The summed E-state index contributed by atoms with van der Waals surface area (Å²) in [6.07, 6.45) is 0. The molecule has 0 aliphatic heterocycles. The number of benzene rings is 1. The second-order valence-corrected chi connectivity index (χ2v) is 6.42. The first kappa shape index (κ1) is 15.1. The highest BCUT2D eigenvalue weighted by atomic mass is 32.1. The summed E-state index contributed by atoms with van der Waals surface area (Å²) in [5, 5.41) is 7.89. The second-order valence-electron chi connectivity index (χ2n) is 5.64. The lowest BCUT2D eigenvalue weighted by atomic mass is 10.1. The molecule has 2 aromatic rings. The molecule has 0 unspecified atom stereocenters. The van der Waals surface area contributed by atoms with E-state index in [1.807, 2.05) is 0 Å². The van der Waals surface area contributed by atoms with Crippen LogP contribution in [0.1, 0.15) is 25.0 Å². The molecule has 1 aromatic heterocycles. The van der Waals surface area contributed by atoms with Gasteiger partial charge in [-0.15, -0.1) is 0 Å². The van der Waals surface area contributed by atoms with Crippen molar-refractivity contribution >= 4 is 17.0 Å². The fraction of sp³-hybridized carbons (Fsp3) is 0.412. The lowest BCUT2D eigenvalue weighted by Crippen LogP contribution is -2.22. The van der Waals surface area contributed by atoms with Crippen LogP contribution in [-0.2, 0) is 13.1 Å². The summed E-state index contributed by atoms with van der Waals surface area (Å²) in [7, 11) is 2.17. The zero-order chi connectivity index (χ0) is 14.4. The summed E-state index contributed by atoms with van der Waals surface area (Å²) in [6, 6.07) is 10.9. The Bertz CT molecular complexity index is 505. The minimum atomic E-state index is 0.686. The Morgan fingerprint density at radius 1 is 1.20 bits per heavy atom. The standard InChI is InChI=1S/C17H24N2S/c1-14(2)10-18-11-16-6-4-5-7-17(16)19(3)12-15-8-9-20-13-15/h4-9,13-14,18H,10-12H2,1-3H3. The number of hydrogen-bond donors (Lipinski definition) is 1. The second kappa shape index (κ2) is 7.46. The van der Waals surface area contributed by atoms with Crippen molar-refractivity contribution in [2.24, 2.45) is 5.92 Å². The van der Waals surface area contributed by atoms with Gasteiger partial charge < -0.3 is 10.2 Å². The summed E-state index contributed by atoms with van der Waals surface area (Å²) in [6.45, 7) is 7.43. The molecule has 0 amide bonds. The molecule has 0 saturated heterocycles. The van der Waals surface area contributed by atoms with Gasteiger partial charge in [0.15, 0.2) is 0 Å². The van der Waals surface area contributed by atoms with Gasteiger partial charge in [-0.2, -0.15) is 11.3 Å². The highest BCUT2D eigenvalue weighted by Crippen LogP contribution is 2.21. The van der Waals surface area contributed by atoms with Crippen LogP contribution in [0.15, 0.2) is 41.1 Å². The molecule has 0 saturated carbocycles. The smallest absolute Gasteiger partial charge is 0.0434 e. The molecule has 0 atom stereocenters. The minimum absolute atomic E-state index is 0.686. The largest absolute Gasteiger partial charge is 0.370 e. The minimum Gasteiger partial charge on any atom is -0.370 e. The maximum absolute atomic E-state index is 3.53. The van der Waals surface area contributed by atoms with Crippen LogP contribution in [0.3, 0.4) is 0 Å². The van der Waals surface area contributed by atoms with Gasteiger partial charge in [-0.05, 0) is 46.5 Å². The molecule has 0 aliphatic rings. The van der Waals surface area contributed by atoms with Crippen molar-refractivity contribution in [2.75, 3.05) is 18.5 Å². The third-order valence-corrected chi connectivity index (χ3v) is 4.00. The number of nitrogens with one attached hydrogen (secondary N) is 1. The first-order chi connectivity index (χ1) is 9.66. The fourth-order valence-electron chi connectivity index (χ4n) is 2.27. The van der Waals surface area contributed by atoms with Crippen molar-refractivity contribution in [3.8, 4) is 0 Å². The van der Waals surface area contributed by atoms with Crippen molar-refractivity contribution < 1.29 is 0 Å². The number of thiophene rings is 1. The first-order valence-corrected chi connectivity index (χ1v) is 8.12. The lowest BCUT2D eigenvalue weighted by molar-refractivity contribution is 0.552. The molecule has 2 rings (SSSR count). The van der Waals surface area contributed by atoms with Gasteiger partial charge in [0.05, 0.1) is 0 Å². The van der Waals surface area contributed by atoms with Crippen molar-refractivity contribution in [3.63, 3.8) is 0 Å². The molecule has 0 aliphatic carbocycles. The van der Waals surface area contributed by atoms with E-state index < -0.39 is 0 Å². The van der Waals surface area contributed by atoms with E-state index in [1.54, 1.807) is 11.3 Å². The SMILES string of the molecule is CC(C)CNCc1ccccc1N(C)Cc1ccsc1. The van der Waals surface area contributed by atoms with Gasteiger partial charge >= 0.3 is 0 Å². The zero-order valence-corrected chi connectivity index (χ0v) is 13.4. The van der Waals surface area contributed by atoms with E-state index in [2.05, 4.69) is 72.2 Å². The van der Waals surface area contributed by atoms with Crippen LogP contribution in [0.4, 0.5) is 5.69 Å². The lowest BCUT2D eigenvalue weighted by Gasteiger charge is -2.22. The topological polar surface area (TPSA) is 15.3 Å². The van der Waals surface area contributed by atoms with Crippen molar-refractivity contribution in [1.82, 2.24) is 5.32 Å². The van der Waals surface area contributed by atoms with E-state index in [1.165, 1.54) is 16.8 Å². The Morgan fingerprint density at radius 2 is 2.00 bits per heavy atom. The van der Waals surface area contributed by atoms with Crippen LogP contribution in [0.25, 0.3) is 0 Å². The molecular weight excluding hydrogens is 264 g/mol. The molecular formula is C17H24N2S. The van der Waals surface area contributed by atoms with E-state index in [4.69, 9.17) is 0 Å². The first-order valence-electron chi connectivity index (χ1n) is 7.17. The van der Waals surface area contributed by atoms with Gasteiger partial charge in [-0.1, -0.05) is 32.0 Å². The molecule has 20 heavy (non-hydrogen) atoms. The van der Waals surface area contributed by atoms with Crippen LogP contribution in [0.5, 0.6) is 0 Å². The van der Waals surface area contributed by atoms with Crippen LogP contribution in [0, 0.1) is 5.92 Å². The van der Waals surface area contributed by atoms with Gasteiger partial charge in [-0.3, -0.25) is 0 Å². The highest BCUT2D eigenvalue weighted by Gasteiger charge is 2.07. The van der Waals surface area contributed by atoms with E-state index in [-0.39, 0.29) is 0 Å². The Hall–Kier alpha value is -1.32. The summed E-state index contributed by atoms with van der Waals surface area (Å²) in [5.41, 5.74) is 4.06. The summed E-state index contributed by atoms with van der Waals surface area (Å²) in [4.78, 5) is 2.33. The number of para-hydroxylation sites is 1. The third kappa shape index (κ3) is 4.36. The van der Waals surface area contributed by atoms with Gasteiger partial charge in [0.1, 0.15) is 0 Å². The van der Waals surface area contributed by atoms with E-state index in [0.29, 0.717) is 5.92 Å². The molecule has 1 N–H and O–H groups in total. The van der Waals surface area contributed by atoms with Crippen LogP contribution in [-0.4, -0.2) is 13.6 Å². The monoisotopic (exact) mass is 288 g/mol. The summed E-state index contributed by atoms with van der Waals surface area (Å²) >= 11 is 1.76. The molecule has 2 nitrogen and oxygen atoms in total. The number of nitrogens with zero attached hydrogens (tertiary/aromatic N) is 1. The fourth-order valence-corrected chi connectivity index (χ4v) is 2.93. The molecule has 108 valence electrons. The van der Waals surface area contributed by atoms with E-state index in [9.17, 15) is 0 Å².